The summed E-state index contributed by atoms with van der Waals surface area (Å²) in [5.41, 5.74) is 1.01. The van der Waals surface area contributed by atoms with Crippen molar-refractivity contribution in [2.24, 2.45) is 0 Å². The highest BCUT2D eigenvalue weighted by Crippen LogP contribution is 2.23. The smallest absolute Gasteiger partial charge is 0.337 e. The van der Waals surface area contributed by atoms with E-state index < -0.39 is 27.6 Å². The second-order valence-electron chi connectivity index (χ2n) is 7.36. The van der Waals surface area contributed by atoms with Crippen molar-refractivity contribution in [3.63, 3.8) is 0 Å². The van der Waals surface area contributed by atoms with Gasteiger partial charge in [0.1, 0.15) is 11.6 Å². The third-order valence-corrected chi connectivity index (χ3v) is 6.87. The molecule has 2 aromatic rings. The standard InChI is InChI=1S/C21H24ClF2N3O4S/c1-31-21(28)15-2-3-16(20(24)12-15)14-25-32(29,30)11-10-26-6-8-27(9-7-26)17-4-5-19(23)18(22)13-17/h2-5,12-13,25H,6-11,14H2,1H3. The summed E-state index contributed by atoms with van der Waals surface area (Å²) in [7, 11) is -2.43. The molecule has 11 heteroatoms. The molecule has 3 rings (SSSR count). The van der Waals surface area contributed by atoms with E-state index in [1.165, 1.54) is 25.3 Å². The Morgan fingerprint density at radius 3 is 2.44 bits per heavy atom. The lowest BCUT2D eigenvalue weighted by Gasteiger charge is -2.36. The summed E-state index contributed by atoms with van der Waals surface area (Å²) in [6.07, 6.45) is 0. The first-order valence-corrected chi connectivity index (χ1v) is 12.0. The Hall–Kier alpha value is -2.27. The SMILES string of the molecule is COC(=O)c1ccc(CNS(=O)(=O)CCN2CCN(c3ccc(F)c(Cl)c3)CC2)c(F)c1. The first kappa shape index (κ1) is 24.4. The lowest BCUT2D eigenvalue weighted by atomic mass is 10.1. The van der Waals surface area contributed by atoms with E-state index in [1.807, 2.05) is 4.90 Å². The van der Waals surface area contributed by atoms with Crippen molar-refractivity contribution in [1.29, 1.82) is 0 Å². The summed E-state index contributed by atoms with van der Waals surface area (Å²) in [4.78, 5) is 15.5. The molecule has 174 valence electrons. The predicted octanol–water partition coefficient (Wildman–Crippen LogP) is 2.65. The molecule has 2 aromatic carbocycles. The fraction of sp³-hybridized carbons (Fsp3) is 0.381. The lowest BCUT2D eigenvalue weighted by Crippen LogP contribution is -2.48. The minimum atomic E-state index is -3.63. The van der Waals surface area contributed by atoms with Crippen LogP contribution in [-0.4, -0.2) is 64.9 Å². The van der Waals surface area contributed by atoms with Crippen molar-refractivity contribution in [3.05, 3.63) is 64.2 Å². The van der Waals surface area contributed by atoms with Crippen LogP contribution in [0.15, 0.2) is 36.4 Å². The van der Waals surface area contributed by atoms with E-state index in [9.17, 15) is 22.0 Å². The summed E-state index contributed by atoms with van der Waals surface area (Å²) in [6, 6.07) is 8.33. The van der Waals surface area contributed by atoms with Gasteiger partial charge in [-0.1, -0.05) is 17.7 Å². The molecule has 0 bridgehead atoms. The van der Waals surface area contributed by atoms with E-state index in [1.54, 1.807) is 12.1 Å². The number of benzene rings is 2. The van der Waals surface area contributed by atoms with Crippen LogP contribution in [0, 0.1) is 11.6 Å². The van der Waals surface area contributed by atoms with Gasteiger partial charge >= 0.3 is 5.97 Å². The van der Waals surface area contributed by atoms with Gasteiger partial charge in [-0.2, -0.15) is 0 Å². The number of piperazine rings is 1. The van der Waals surface area contributed by atoms with Crippen LogP contribution in [0.3, 0.4) is 0 Å². The number of nitrogens with one attached hydrogen (secondary N) is 1. The lowest BCUT2D eigenvalue weighted by molar-refractivity contribution is 0.0600. The predicted molar refractivity (Wildman–Crippen MR) is 118 cm³/mol. The molecule has 32 heavy (non-hydrogen) atoms. The fourth-order valence-corrected chi connectivity index (χ4v) is 4.55. The fourth-order valence-electron chi connectivity index (χ4n) is 3.36. The van der Waals surface area contributed by atoms with Crippen molar-refractivity contribution < 1.29 is 26.7 Å². The van der Waals surface area contributed by atoms with Crippen LogP contribution in [0.1, 0.15) is 15.9 Å². The summed E-state index contributed by atoms with van der Waals surface area (Å²) in [5, 5.41) is 0.0680. The number of esters is 1. The summed E-state index contributed by atoms with van der Waals surface area (Å²) < 4.78 is 59.1. The maximum atomic E-state index is 14.1. The van der Waals surface area contributed by atoms with Gasteiger partial charge in [-0.3, -0.25) is 4.90 Å². The van der Waals surface area contributed by atoms with E-state index in [0.29, 0.717) is 32.7 Å². The number of rotatable bonds is 8. The van der Waals surface area contributed by atoms with Crippen LogP contribution in [0.4, 0.5) is 14.5 Å². The highest BCUT2D eigenvalue weighted by Gasteiger charge is 2.20. The van der Waals surface area contributed by atoms with Gasteiger partial charge in [0.2, 0.25) is 10.0 Å². The number of halogens is 3. The van der Waals surface area contributed by atoms with Crippen molar-refractivity contribution in [3.8, 4) is 0 Å². The second-order valence-corrected chi connectivity index (χ2v) is 9.70. The van der Waals surface area contributed by atoms with Crippen LogP contribution in [0.25, 0.3) is 0 Å². The van der Waals surface area contributed by atoms with Gasteiger partial charge in [0.15, 0.2) is 0 Å². The molecule has 1 N–H and O–H groups in total. The normalized spacial score (nSPS) is 15.1. The van der Waals surface area contributed by atoms with Gasteiger partial charge < -0.3 is 9.64 Å². The van der Waals surface area contributed by atoms with Crippen molar-refractivity contribution in [2.45, 2.75) is 6.54 Å². The number of hydrogen-bond donors (Lipinski definition) is 1. The number of carbonyl (C=O) groups is 1. The summed E-state index contributed by atoms with van der Waals surface area (Å²) in [5.74, 6) is -1.95. The molecule has 1 aliphatic rings. The zero-order valence-electron chi connectivity index (χ0n) is 17.5. The molecule has 1 saturated heterocycles. The van der Waals surface area contributed by atoms with Gasteiger partial charge in [0.05, 0.1) is 23.4 Å². The van der Waals surface area contributed by atoms with Crippen molar-refractivity contribution >= 4 is 33.3 Å². The molecule has 1 fully saturated rings. The molecule has 0 unspecified atom stereocenters. The van der Waals surface area contributed by atoms with Gasteiger partial charge in [0.25, 0.3) is 0 Å². The molecule has 0 saturated carbocycles. The largest absolute Gasteiger partial charge is 0.465 e. The van der Waals surface area contributed by atoms with Crippen LogP contribution in [-0.2, 0) is 21.3 Å². The maximum Gasteiger partial charge on any atom is 0.337 e. The van der Waals surface area contributed by atoms with Crippen molar-refractivity contribution in [2.75, 3.05) is 50.5 Å². The quantitative estimate of drug-likeness (QED) is 0.577. The molecule has 0 spiro atoms. The van der Waals surface area contributed by atoms with Gasteiger partial charge in [-0.05, 0) is 30.3 Å². The van der Waals surface area contributed by atoms with E-state index in [-0.39, 0.29) is 28.4 Å². The minimum absolute atomic E-state index is 0.0543. The monoisotopic (exact) mass is 487 g/mol. The summed E-state index contributed by atoms with van der Waals surface area (Å²) in [6.45, 7) is 2.73. The van der Waals surface area contributed by atoms with Crippen LogP contribution in [0.2, 0.25) is 5.02 Å². The van der Waals surface area contributed by atoms with E-state index >= 15 is 0 Å². The number of sulfonamides is 1. The first-order chi connectivity index (χ1) is 15.2. The van der Waals surface area contributed by atoms with Crippen LogP contribution >= 0.6 is 11.6 Å². The maximum absolute atomic E-state index is 14.1. The number of hydrogen-bond acceptors (Lipinski definition) is 6. The Labute approximate surface area is 191 Å². The van der Waals surface area contributed by atoms with E-state index in [2.05, 4.69) is 14.4 Å². The topological polar surface area (TPSA) is 78.9 Å². The Morgan fingerprint density at radius 2 is 1.81 bits per heavy atom. The second kappa shape index (κ2) is 10.6. The Balaban J connectivity index is 1.46. The van der Waals surface area contributed by atoms with Crippen molar-refractivity contribution in [1.82, 2.24) is 9.62 Å². The molecular weight excluding hydrogens is 464 g/mol. The Kier molecular flexibility index (Phi) is 8.05. The molecule has 1 heterocycles. The Bertz CT molecular complexity index is 1080. The van der Waals surface area contributed by atoms with E-state index in [4.69, 9.17) is 11.6 Å². The number of anilines is 1. The third-order valence-electron chi connectivity index (χ3n) is 5.27. The minimum Gasteiger partial charge on any atom is -0.465 e. The number of nitrogens with zero attached hydrogens (tertiary/aromatic N) is 2. The highest BCUT2D eigenvalue weighted by molar-refractivity contribution is 7.89. The zero-order valence-corrected chi connectivity index (χ0v) is 19.1. The molecule has 7 nitrogen and oxygen atoms in total. The molecule has 0 amide bonds. The molecule has 0 aliphatic carbocycles. The van der Waals surface area contributed by atoms with Gasteiger partial charge in [-0.25, -0.2) is 26.7 Å². The number of methoxy groups -OCH3 is 1. The van der Waals surface area contributed by atoms with E-state index in [0.717, 1.165) is 11.8 Å². The Morgan fingerprint density at radius 1 is 1.09 bits per heavy atom. The zero-order chi connectivity index (χ0) is 23.3. The molecule has 0 radical (unpaired) electrons. The number of ether oxygens (including phenoxy) is 1. The molecule has 0 atom stereocenters. The number of carbonyl (C=O) groups excluding carboxylic acids is 1. The summed E-state index contributed by atoms with van der Waals surface area (Å²) >= 11 is 5.84. The van der Waals surface area contributed by atoms with Gasteiger partial charge in [-0.15, -0.1) is 0 Å². The van der Waals surface area contributed by atoms with Crippen LogP contribution in [0.5, 0.6) is 0 Å². The molecular formula is C21H24ClF2N3O4S. The highest BCUT2D eigenvalue weighted by atomic mass is 35.5. The van der Waals surface area contributed by atoms with Gasteiger partial charge in [0, 0.05) is 50.5 Å². The average molecular weight is 488 g/mol. The average Bonchev–Trinajstić information content (AvgIpc) is 2.78. The first-order valence-electron chi connectivity index (χ1n) is 9.95. The molecule has 1 aliphatic heterocycles. The molecule has 0 aromatic heterocycles. The third kappa shape index (κ3) is 6.38. The van der Waals surface area contributed by atoms with Crippen LogP contribution < -0.4 is 9.62 Å².